The molecular formula is C24H29FN4O4. The third-order valence-electron chi connectivity index (χ3n) is 6.82. The maximum Gasteiger partial charge on any atom is 0.358 e. The first kappa shape index (κ1) is 22.9. The Hall–Kier alpha value is -3.23. The van der Waals surface area contributed by atoms with E-state index in [-0.39, 0.29) is 36.4 Å². The molecule has 1 saturated carbocycles. The number of carbonyl (C=O) groups is 3. The van der Waals surface area contributed by atoms with Gasteiger partial charge in [-0.1, -0.05) is 25.1 Å². The number of amides is 2. The molecule has 4 rings (SSSR count). The molecule has 1 unspecified atom stereocenters. The average molecular weight is 457 g/mol. The van der Waals surface area contributed by atoms with Crippen LogP contribution in [-0.2, 0) is 22.6 Å². The summed E-state index contributed by atoms with van der Waals surface area (Å²) in [6.07, 6.45) is 3.82. The molecule has 2 aromatic rings. The second-order valence-electron chi connectivity index (χ2n) is 9.25. The molecule has 8 nitrogen and oxygen atoms in total. The van der Waals surface area contributed by atoms with Crippen LogP contribution in [0.2, 0.25) is 0 Å². The van der Waals surface area contributed by atoms with E-state index in [2.05, 4.69) is 17.3 Å². The number of nitrogens with one attached hydrogen (secondary N) is 1. The summed E-state index contributed by atoms with van der Waals surface area (Å²) in [6.45, 7) is 3.81. The lowest BCUT2D eigenvalue weighted by atomic mass is 9.86. The number of hydrogen-bond acceptors (Lipinski definition) is 5. The van der Waals surface area contributed by atoms with Gasteiger partial charge in [0, 0.05) is 17.7 Å². The van der Waals surface area contributed by atoms with Crippen LogP contribution in [0.15, 0.2) is 30.3 Å². The first-order valence-electron chi connectivity index (χ1n) is 11.3. The number of rotatable bonds is 5. The number of hydrogen-bond donors (Lipinski definition) is 1. The number of benzene rings is 1. The van der Waals surface area contributed by atoms with Gasteiger partial charge < -0.3 is 15.0 Å². The monoisotopic (exact) mass is 456 g/mol. The largest absolute Gasteiger partial charge is 0.464 e. The summed E-state index contributed by atoms with van der Waals surface area (Å²) in [6, 6.07) is 7.56. The van der Waals surface area contributed by atoms with Crippen molar-refractivity contribution >= 4 is 17.8 Å². The summed E-state index contributed by atoms with van der Waals surface area (Å²) in [5, 5.41) is 7.32. The van der Waals surface area contributed by atoms with E-state index < -0.39 is 23.2 Å². The molecule has 2 heterocycles. The van der Waals surface area contributed by atoms with Crippen molar-refractivity contribution in [1.82, 2.24) is 20.0 Å². The van der Waals surface area contributed by atoms with Crippen LogP contribution in [0, 0.1) is 11.7 Å². The fourth-order valence-electron chi connectivity index (χ4n) is 4.64. The zero-order valence-corrected chi connectivity index (χ0v) is 19.1. The second kappa shape index (κ2) is 8.96. The predicted octanol–water partition coefficient (Wildman–Crippen LogP) is 2.92. The molecule has 1 aromatic carbocycles. The first-order chi connectivity index (χ1) is 15.7. The summed E-state index contributed by atoms with van der Waals surface area (Å²) in [4.78, 5) is 40.5. The van der Waals surface area contributed by atoms with Gasteiger partial charge in [0.05, 0.1) is 20.2 Å². The molecule has 176 valence electrons. The molecule has 1 aromatic heterocycles. The van der Waals surface area contributed by atoms with Crippen LogP contribution in [0.4, 0.5) is 4.39 Å². The number of aromatic nitrogens is 2. The van der Waals surface area contributed by atoms with Crippen LogP contribution in [0.5, 0.6) is 0 Å². The zero-order valence-electron chi connectivity index (χ0n) is 19.1. The number of methoxy groups -OCH3 is 1. The summed E-state index contributed by atoms with van der Waals surface area (Å²) < 4.78 is 20.6. The summed E-state index contributed by atoms with van der Waals surface area (Å²) >= 11 is 0. The number of carbonyl (C=O) groups excluding carboxylic acids is 3. The lowest BCUT2D eigenvalue weighted by Crippen LogP contribution is -2.64. The third-order valence-corrected chi connectivity index (χ3v) is 6.82. The van der Waals surface area contributed by atoms with Crippen LogP contribution in [-0.4, -0.2) is 51.2 Å². The van der Waals surface area contributed by atoms with Crippen molar-refractivity contribution in [2.45, 2.75) is 64.2 Å². The minimum atomic E-state index is -1.32. The molecule has 1 atom stereocenters. The van der Waals surface area contributed by atoms with E-state index in [4.69, 9.17) is 4.74 Å². The molecule has 33 heavy (non-hydrogen) atoms. The quantitative estimate of drug-likeness (QED) is 0.699. The summed E-state index contributed by atoms with van der Waals surface area (Å²) in [5.74, 6) is -1.31. The van der Waals surface area contributed by atoms with Gasteiger partial charge in [-0.3, -0.25) is 14.3 Å². The minimum Gasteiger partial charge on any atom is -0.464 e. The van der Waals surface area contributed by atoms with Gasteiger partial charge in [-0.05, 0) is 44.6 Å². The van der Waals surface area contributed by atoms with Crippen LogP contribution in [0.3, 0.4) is 0 Å². The standard InChI is InChI=1S/C24H29FN4O4/c1-15-8-10-17(11-9-15)26-23(32)24(2)14-29-20(12-19(27-29)22(31)33-3)21(30)28(24)13-16-6-4-5-7-18(16)25/h4-7,12,15,17H,8-11,13-14H2,1-3H3,(H,26,32). The first-order valence-corrected chi connectivity index (χ1v) is 11.3. The third kappa shape index (κ3) is 4.36. The van der Waals surface area contributed by atoms with E-state index in [1.54, 1.807) is 25.1 Å². The van der Waals surface area contributed by atoms with Gasteiger partial charge in [0.1, 0.15) is 17.1 Å². The second-order valence-corrected chi connectivity index (χ2v) is 9.25. The summed E-state index contributed by atoms with van der Waals surface area (Å²) in [5.41, 5.74) is -0.881. The van der Waals surface area contributed by atoms with E-state index in [1.165, 1.54) is 28.8 Å². The Morgan fingerprint density at radius 2 is 1.94 bits per heavy atom. The molecule has 0 saturated heterocycles. The number of nitrogens with zero attached hydrogens (tertiary/aromatic N) is 3. The number of fused-ring (bicyclic) bond motifs is 1. The van der Waals surface area contributed by atoms with Crippen molar-refractivity contribution in [1.29, 1.82) is 0 Å². The Bertz CT molecular complexity index is 1080. The fourth-order valence-corrected chi connectivity index (χ4v) is 4.64. The minimum absolute atomic E-state index is 0.0161. The smallest absolute Gasteiger partial charge is 0.358 e. The lowest BCUT2D eigenvalue weighted by Gasteiger charge is -2.44. The lowest BCUT2D eigenvalue weighted by molar-refractivity contribution is -0.134. The Labute approximate surface area is 192 Å². The van der Waals surface area contributed by atoms with Gasteiger partial charge in [0.15, 0.2) is 5.69 Å². The van der Waals surface area contributed by atoms with Crippen molar-refractivity contribution in [3.05, 3.63) is 53.1 Å². The molecule has 0 bridgehead atoms. The van der Waals surface area contributed by atoms with Crippen molar-refractivity contribution in [3.8, 4) is 0 Å². The van der Waals surface area contributed by atoms with Gasteiger partial charge in [0.25, 0.3) is 5.91 Å². The molecule has 1 aliphatic heterocycles. The molecule has 0 spiro atoms. The highest BCUT2D eigenvalue weighted by Gasteiger charge is 2.49. The zero-order chi connectivity index (χ0) is 23.8. The molecule has 2 aliphatic rings. The van der Waals surface area contributed by atoms with Crippen molar-refractivity contribution in [2.75, 3.05) is 7.11 Å². The number of ether oxygens (including phenoxy) is 1. The van der Waals surface area contributed by atoms with Crippen molar-refractivity contribution in [3.63, 3.8) is 0 Å². The maximum absolute atomic E-state index is 14.5. The highest BCUT2D eigenvalue weighted by Crippen LogP contribution is 2.31. The van der Waals surface area contributed by atoms with E-state index in [0.29, 0.717) is 11.5 Å². The van der Waals surface area contributed by atoms with Gasteiger partial charge in [-0.15, -0.1) is 0 Å². The maximum atomic E-state index is 14.5. The van der Waals surface area contributed by atoms with Crippen LogP contribution in [0.1, 0.15) is 66.1 Å². The molecule has 9 heteroatoms. The molecule has 0 radical (unpaired) electrons. The Morgan fingerprint density at radius 1 is 1.24 bits per heavy atom. The Balaban J connectivity index is 1.68. The molecular weight excluding hydrogens is 427 g/mol. The highest BCUT2D eigenvalue weighted by atomic mass is 19.1. The van der Waals surface area contributed by atoms with Gasteiger partial charge in [-0.25, -0.2) is 9.18 Å². The van der Waals surface area contributed by atoms with E-state index in [1.807, 2.05) is 0 Å². The SMILES string of the molecule is COC(=O)c1cc2n(n1)CC(C)(C(=O)NC1CCC(C)CC1)N(Cc1ccccc1F)C2=O. The van der Waals surface area contributed by atoms with Gasteiger partial charge in [-0.2, -0.15) is 5.10 Å². The average Bonchev–Trinajstić information content (AvgIpc) is 3.22. The number of halogens is 1. The highest BCUT2D eigenvalue weighted by molar-refractivity contribution is 6.01. The van der Waals surface area contributed by atoms with Crippen molar-refractivity contribution in [2.24, 2.45) is 5.92 Å². The Kier molecular flexibility index (Phi) is 6.23. The molecule has 1 fully saturated rings. The van der Waals surface area contributed by atoms with Crippen molar-refractivity contribution < 1.29 is 23.5 Å². The molecule has 1 N–H and O–H groups in total. The topological polar surface area (TPSA) is 93.5 Å². The Morgan fingerprint density at radius 3 is 2.61 bits per heavy atom. The van der Waals surface area contributed by atoms with E-state index >= 15 is 0 Å². The van der Waals surface area contributed by atoms with Gasteiger partial charge in [0.2, 0.25) is 5.91 Å². The normalized spacial score (nSPS) is 24.8. The fraction of sp³-hybridized carbons (Fsp3) is 0.500. The summed E-state index contributed by atoms with van der Waals surface area (Å²) in [7, 11) is 1.23. The van der Waals surface area contributed by atoms with E-state index in [9.17, 15) is 18.8 Å². The molecule has 2 amide bonds. The number of esters is 1. The van der Waals surface area contributed by atoms with E-state index in [0.717, 1.165) is 25.7 Å². The predicted molar refractivity (Wildman–Crippen MR) is 118 cm³/mol. The van der Waals surface area contributed by atoms with Gasteiger partial charge >= 0.3 is 5.97 Å². The van der Waals surface area contributed by atoms with Crippen LogP contribution in [0.25, 0.3) is 0 Å². The molecule has 1 aliphatic carbocycles. The van der Waals surface area contributed by atoms with Crippen LogP contribution < -0.4 is 5.32 Å². The van der Waals surface area contributed by atoms with Crippen LogP contribution >= 0.6 is 0 Å².